The number of carbonyl (C=O) groups is 1. The van der Waals surface area contributed by atoms with Crippen LogP contribution in [0.3, 0.4) is 0 Å². The third-order valence-corrected chi connectivity index (χ3v) is 4.24. The normalized spacial score (nSPS) is 10.3. The number of carbonyl (C=O) groups excluding carboxylic acids is 1. The van der Waals surface area contributed by atoms with Crippen LogP contribution in [0.5, 0.6) is 0 Å². The summed E-state index contributed by atoms with van der Waals surface area (Å²) in [5.41, 5.74) is 1.85. The van der Waals surface area contributed by atoms with Crippen LogP contribution in [0.25, 0.3) is 0 Å². The predicted molar refractivity (Wildman–Crippen MR) is 92.7 cm³/mol. The van der Waals surface area contributed by atoms with Crippen LogP contribution < -0.4 is 10.6 Å². The van der Waals surface area contributed by atoms with Crippen molar-refractivity contribution >= 4 is 56.4 Å². The van der Waals surface area contributed by atoms with Crippen LogP contribution in [0, 0.1) is 0 Å². The van der Waals surface area contributed by atoms with Crippen LogP contribution in [-0.4, -0.2) is 12.5 Å². The molecule has 2 rings (SSSR count). The summed E-state index contributed by atoms with van der Waals surface area (Å²) in [5.74, 6) is -0.244. The number of hydrogen-bond donors (Lipinski definition) is 2. The van der Waals surface area contributed by atoms with Gasteiger partial charge in [-0.3, -0.25) is 4.79 Å². The molecule has 0 aromatic heterocycles. The van der Waals surface area contributed by atoms with Crippen LogP contribution >= 0.6 is 39.1 Å². The van der Waals surface area contributed by atoms with Crippen molar-refractivity contribution < 1.29 is 4.79 Å². The second-order valence-corrected chi connectivity index (χ2v) is 6.00. The Morgan fingerprint density at radius 1 is 1.19 bits per heavy atom. The number of rotatable bonds is 4. The molecular formula is C15H13BrCl2N2O. The van der Waals surface area contributed by atoms with Gasteiger partial charge in [0.05, 0.1) is 10.6 Å². The summed E-state index contributed by atoms with van der Waals surface area (Å²) in [4.78, 5) is 12.4. The smallest absolute Gasteiger partial charge is 0.257 e. The average Bonchev–Trinajstić information content (AvgIpc) is 2.45. The van der Waals surface area contributed by atoms with Crippen molar-refractivity contribution in [3.63, 3.8) is 0 Å². The van der Waals surface area contributed by atoms with E-state index in [4.69, 9.17) is 23.2 Å². The fourth-order valence-corrected chi connectivity index (χ4v) is 2.42. The van der Waals surface area contributed by atoms with Crippen molar-refractivity contribution in [3.8, 4) is 0 Å². The molecule has 2 aromatic rings. The molecule has 110 valence electrons. The first-order valence-corrected chi connectivity index (χ1v) is 7.86. The summed E-state index contributed by atoms with van der Waals surface area (Å²) >= 11 is 15.3. The van der Waals surface area contributed by atoms with E-state index in [2.05, 4.69) is 26.6 Å². The standard InChI is InChI=1S/C15H13BrCl2N2O/c1-2-19-14-6-3-9(17)7-11(14)15(21)20-10-4-5-12(16)13(18)8-10/h3-8,19H,2H2,1H3,(H,20,21). The molecule has 0 aliphatic heterocycles. The van der Waals surface area contributed by atoms with Gasteiger partial charge in [0.15, 0.2) is 0 Å². The van der Waals surface area contributed by atoms with Crippen LogP contribution in [0.1, 0.15) is 17.3 Å². The topological polar surface area (TPSA) is 41.1 Å². The molecule has 1 amide bonds. The Kier molecular flexibility index (Phi) is 5.51. The van der Waals surface area contributed by atoms with Crippen molar-refractivity contribution in [2.75, 3.05) is 17.2 Å². The zero-order valence-electron chi connectivity index (χ0n) is 11.2. The number of amides is 1. The summed E-state index contributed by atoms with van der Waals surface area (Å²) in [7, 11) is 0. The Balaban J connectivity index is 2.27. The Hall–Kier alpha value is -1.23. The van der Waals surface area contributed by atoms with E-state index in [9.17, 15) is 4.79 Å². The molecule has 0 fully saturated rings. The second-order valence-electron chi connectivity index (χ2n) is 4.30. The number of benzene rings is 2. The van der Waals surface area contributed by atoms with Gasteiger partial charge in [0.25, 0.3) is 5.91 Å². The van der Waals surface area contributed by atoms with E-state index in [1.807, 2.05) is 6.92 Å². The molecule has 3 nitrogen and oxygen atoms in total. The van der Waals surface area contributed by atoms with Gasteiger partial charge < -0.3 is 10.6 Å². The maximum atomic E-state index is 12.4. The fraction of sp³-hybridized carbons (Fsp3) is 0.133. The number of nitrogens with one attached hydrogen (secondary N) is 2. The lowest BCUT2D eigenvalue weighted by molar-refractivity contribution is 0.102. The molecule has 0 spiro atoms. The van der Waals surface area contributed by atoms with E-state index in [1.54, 1.807) is 36.4 Å². The van der Waals surface area contributed by atoms with Gasteiger partial charge in [-0.2, -0.15) is 0 Å². The Morgan fingerprint density at radius 3 is 2.62 bits per heavy atom. The maximum absolute atomic E-state index is 12.4. The zero-order chi connectivity index (χ0) is 15.4. The van der Waals surface area contributed by atoms with Crippen molar-refractivity contribution in [1.29, 1.82) is 0 Å². The minimum absolute atomic E-state index is 0.244. The van der Waals surface area contributed by atoms with Gasteiger partial charge >= 0.3 is 0 Å². The van der Waals surface area contributed by atoms with Crippen LogP contribution in [0.4, 0.5) is 11.4 Å². The number of anilines is 2. The molecule has 0 bridgehead atoms. The van der Waals surface area contributed by atoms with E-state index in [-0.39, 0.29) is 5.91 Å². The largest absolute Gasteiger partial charge is 0.385 e. The van der Waals surface area contributed by atoms with E-state index >= 15 is 0 Å². The van der Waals surface area contributed by atoms with Gasteiger partial charge in [-0.25, -0.2) is 0 Å². The summed E-state index contributed by atoms with van der Waals surface area (Å²) in [5, 5.41) is 6.99. The van der Waals surface area contributed by atoms with E-state index in [0.29, 0.717) is 27.8 Å². The minimum Gasteiger partial charge on any atom is -0.385 e. The van der Waals surface area contributed by atoms with Gasteiger partial charge in [-0.15, -0.1) is 0 Å². The molecule has 0 heterocycles. The van der Waals surface area contributed by atoms with Gasteiger partial charge in [0, 0.05) is 27.4 Å². The second kappa shape index (κ2) is 7.16. The third-order valence-electron chi connectivity index (χ3n) is 2.77. The monoisotopic (exact) mass is 386 g/mol. The molecule has 0 saturated heterocycles. The Bertz CT molecular complexity index is 677. The highest BCUT2D eigenvalue weighted by molar-refractivity contribution is 9.10. The van der Waals surface area contributed by atoms with Crippen molar-refractivity contribution in [2.24, 2.45) is 0 Å². The highest BCUT2D eigenvalue weighted by atomic mass is 79.9. The van der Waals surface area contributed by atoms with Gasteiger partial charge in [-0.05, 0) is 59.3 Å². The van der Waals surface area contributed by atoms with Gasteiger partial charge in [0.2, 0.25) is 0 Å². The van der Waals surface area contributed by atoms with Crippen LogP contribution in [0.2, 0.25) is 10.0 Å². The van der Waals surface area contributed by atoms with E-state index in [0.717, 1.165) is 10.2 Å². The third kappa shape index (κ3) is 4.13. The Morgan fingerprint density at radius 2 is 1.95 bits per heavy atom. The first-order valence-electron chi connectivity index (χ1n) is 6.31. The summed E-state index contributed by atoms with van der Waals surface area (Å²) < 4.78 is 0.776. The molecule has 0 saturated carbocycles. The molecule has 0 radical (unpaired) electrons. The quantitative estimate of drug-likeness (QED) is 0.733. The summed E-state index contributed by atoms with van der Waals surface area (Å²) in [6.07, 6.45) is 0. The Labute approximate surface area is 141 Å². The van der Waals surface area contributed by atoms with Crippen molar-refractivity contribution in [2.45, 2.75) is 6.92 Å². The predicted octanol–water partition coefficient (Wildman–Crippen LogP) is 5.44. The molecule has 6 heteroatoms. The van der Waals surface area contributed by atoms with E-state index in [1.165, 1.54) is 0 Å². The average molecular weight is 388 g/mol. The maximum Gasteiger partial charge on any atom is 0.257 e. The SMILES string of the molecule is CCNc1ccc(Cl)cc1C(=O)Nc1ccc(Br)c(Cl)c1. The van der Waals surface area contributed by atoms with Gasteiger partial charge in [-0.1, -0.05) is 23.2 Å². The van der Waals surface area contributed by atoms with E-state index < -0.39 is 0 Å². The fourth-order valence-electron chi connectivity index (χ4n) is 1.82. The number of halogens is 3. The lowest BCUT2D eigenvalue weighted by atomic mass is 10.1. The molecule has 0 unspecified atom stereocenters. The molecule has 2 N–H and O–H groups in total. The van der Waals surface area contributed by atoms with Crippen LogP contribution in [0.15, 0.2) is 40.9 Å². The van der Waals surface area contributed by atoms with Gasteiger partial charge in [0.1, 0.15) is 0 Å². The lowest BCUT2D eigenvalue weighted by Crippen LogP contribution is -2.14. The molecule has 0 aliphatic carbocycles. The highest BCUT2D eigenvalue weighted by Crippen LogP contribution is 2.27. The highest BCUT2D eigenvalue weighted by Gasteiger charge is 2.12. The minimum atomic E-state index is -0.244. The first kappa shape index (κ1) is 16.1. The van der Waals surface area contributed by atoms with Crippen molar-refractivity contribution in [3.05, 3.63) is 56.5 Å². The zero-order valence-corrected chi connectivity index (χ0v) is 14.3. The molecule has 2 aromatic carbocycles. The molecule has 0 atom stereocenters. The lowest BCUT2D eigenvalue weighted by Gasteiger charge is -2.12. The molecular weight excluding hydrogens is 375 g/mol. The summed E-state index contributed by atoms with van der Waals surface area (Å²) in [6.45, 7) is 2.68. The summed E-state index contributed by atoms with van der Waals surface area (Å²) in [6, 6.07) is 10.4. The molecule has 0 aliphatic rings. The number of hydrogen-bond acceptors (Lipinski definition) is 2. The van der Waals surface area contributed by atoms with Crippen molar-refractivity contribution in [1.82, 2.24) is 0 Å². The first-order chi connectivity index (χ1) is 10.0. The molecule has 21 heavy (non-hydrogen) atoms. The van der Waals surface area contributed by atoms with Crippen LogP contribution in [-0.2, 0) is 0 Å².